The highest BCUT2D eigenvalue weighted by Gasteiger charge is 2.33. The highest BCUT2D eigenvalue weighted by molar-refractivity contribution is 7.09. The van der Waals surface area contributed by atoms with E-state index in [4.69, 9.17) is 0 Å². The Bertz CT molecular complexity index is 292. The normalized spacial score (nSPS) is 27.2. The molecule has 2 rings (SSSR count). The van der Waals surface area contributed by atoms with Crippen LogP contribution in [-0.4, -0.2) is 4.98 Å². The molecule has 0 bridgehead atoms. The number of nitrogens with zero attached hydrogens (tertiary/aromatic N) is 1. The van der Waals surface area contributed by atoms with E-state index >= 15 is 0 Å². The maximum absolute atomic E-state index is 4.55. The van der Waals surface area contributed by atoms with Crippen molar-refractivity contribution in [1.29, 1.82) is 0 Å². The van der Waals surface area contributed by atoms with Gasteiger partial charge in [0.05, 0.1) is 11.2 Å². The molecule has 0 N–H and O–H groups in total. The van der Waals surface area contributed by atoms with Gasteiger partial charge in [-0.05, 0) is 25.7 Å². The van der Waals surface area contributed by atoms with Crippen LogP contribution >= 0.6 is 11.3 Å². The summed E-state index contributed by atoms with van der Waals surface area (Å²) in [7, 11) is 0. The Morgan fingerprint density at radius 3 is 3.23 bits per heavy atom. The quantitative estimate of drug-likeness (QED) is 0.703. The molecule has 1 atom stereocenters. The number of fused-ring (bicyclic) bond motifs is 1. The Labute approximate surface area is 84.2 Å². The summed E-state index contributed by atoms with van der Waals surface area (Å²) in [6, 6.07) is 0. The SMILES string of the molecule is CCCC1(C)CCCc2scnc21. The highest BCUT2D eigenvalue weighted by Crippen LogP contribution is 2.40. The van der Waals surface area contributed by atoms with Crippen LogP contribution in [0.1, 0.15) is 50.1 Å². The average molecular weight is 195 g/mol. The smallest absolute Gasteiger partial charge is 0.0797 e. The third kappa shape index (κ3) is 1.52. The van der Waals surface area contributed by atoms with Crippen LogP contribution in [-0.2, 0) is 11.8 Å². The highest BCUT2D eigenvalue weighted by atomic mass is 32.1. The molecule has 0 saturated carbocycles. The van der Waals surface area contributed by atoms with Crippen LogP contribution in [0.5, 0.6) is 0 Å². The molecule has 72 valence electrons. The van der Waals surface area contributed by atoms with E-state index in [0.29, 0.717) is 5.41 Å². The number of rotatable bonds is 2. The van der Waals surface area contributed by atoms with E-state index in [2.05, 4.69) is 18.8 Å². The first-order chi connectivity index (χ1) is 6.26. The van der Waals surface area contributed by atoms with Crippen LogP contribution in [0.25, 0.3) is 0 Å². The van der Waals surface area contributed by atoms with E-state index in [1.807, 2.05) is 16.8 Å². The first kappa shape index (κ1) is 9.20. The van der Waals surface area contributed by atoms with Gasteiger partial charge in [-0.1, -0.05) is 20.3 Å². The monoisotopic (exact) mass is 195 g/mol. The minimum absolute atomic E-state index is 0.391. The van der Waals surface area contributed by atoms with Crippen LogP contribution in [0.3, 0.4) is 0 Å². The van der Waals surface area contributed by atoms with Crippen LogP contribution in [0.2, 0.25) is 0 Å². The standard InChI is InChI=1S/C11H17NS/c1-3-6-11(2)7-4-5-9-10(11)12-8-13-9/h8H,3-7H2,1-2H3. The van der Waals surface area contributed by atoms with Crippen molar-refractivity contribution in [3.05, 3.63) is 16.1 Å². The van der Waals surface area contributed by atoms with Gasteiger partial charge < -0.3 is 0 Å². The Kier molecular flexibility index (Phi) is 2.41. The molecular weight excluding hydrogens is 178 g/mol. The largest absolute Gasteiger partial charge is 0.249 e. The molecule has 0 aliphatic heterocycles. The molecule has 0 spiro atoms. The molecule has 1 unspecified atom stereocenters. The molecule has 0 radical (unpaired) electrons. The Morgan fingerprint density at radius 1 is 1.62 bits per heavy atom. The number of aryl methyl sites for hydroxylation is 1. The summed E-state index contributed by atoms with van der Waals surface area (Å²) >= 11 is 1.84. The van der Waals surface area contributed by atoms with Crippen molar-refractivity contribution in [3.8, 4) is 0 Å². The van der Waals surface area contributed by atoms with Gasteiger partial charge in [0.25, 0.3) is 0 Å². The average Bonchev–Trinajstić information content (AvgIpc) is 2.54. The molecule has 1 heterocycles. The van der Waals surface area contributed by atoms with E-state index < -0.39 is 0 Å². The minimum atomic E-state index is 0.391. The van der Waals surface area contributed by atoms with Crippen LogP contribution in [0.4, 0.5) is 0 Å². The lowest BCUT2D eigenvalue weighted by molar-refractivity contribution is 0.356. The molecule has 1 aliphatic carbocycles. The fourth-order valence-electron chi connectivity index (χ4n) is 2.49. The third-order valence-electron chi connectivity index (χ3n) is 3.15. The summed E-state index contributed by atoms with van der Waals surface area (Å²) in [6.45, 7) is 4.65. The van der Waals surface area contributed by atoms with E-state index in [-0.39, 0.29) is 0 Å². The molecule has 1 aliphatic rings. The number of aromatic nitrogens is 1. The van der Waals surface area contributed by atoms with Crippen LogP contribution in [0, 0.1) is 0 Å². The van der Waals surface area contributed by atoms with Crippen molar-refractivity contribution in [2.75, 3.05) is 0 Å². The summed E-state index contributed by atoms with van der Waals surface area (Å²) in [5.74, 6) is 0. The third-order valence-corrected chi connectivity index (χ3v) is 4.04. The van der Waals surface area contributed by atoms with Crippen molar-refractivity contribution >= 4 is 11.3 Å². The van der Waals surface area contributed by atoms with Gasteiger partial charge in [-0.15, -0.1) is 11.3 Å². The molecule has 0 fully saturated rings. The van der Waals surface area contributed by atoms with Crippen molar-refractivity contribution in [1.82, 2.24) is 4.98 Å². The molecule has 1 aromatic heterocycles. The second kappa shape index (κ2) is 3.41. The van der Waals surface area contributed by atoms with Crippen molar-refractivity contribution in [2.24, 2.45) is 0 Å². The molecular formula is C11H17NS. The Morgan fingerprint density at radius 2 is 2.46 bits per heavy atom. The number of thiazole rings is 1. The van der Waals surface area contributed by atoms with Crippen LogP contribution in [0.15, 0.2) is 5.51 Å². The van der Waals surface area contributed by atoms with E-state index in [9.17, 15) is 0 Å². The second-order valence-corrected chi connectivity index (χ2v) is 5.23. The van der Waals surface area contributed by atoms with Gasteiger partial charge in [0.15, 0.2) is 0 Å². The van der Waals surface area contributed by atoms with Crippen molar-refractivity contribution in [3.63, 3.8) is 0 Å². The lowest BCUT2D eigenvalue weighted by Gasteiger charge is -2.32. The van der Waals surface area contributed by atoms with Gasteiger partial charge in [0.2, 0.25) is 0 Å². The molecule has 13 heavy (non-hydrogen) atoms. The van der Waals surface area contributed by atoms with Gasteiger partial charge in [-0.25, -0.2) is 4.98 Å². The topological polar surface area (TPSA) is 12.9 Å². The lowest BCUT2D eigenvalue weighted by Crippen LogP contribution is -2.27. The van der Waals surface area contributed by atoms with Crippen molar-refractivity contribution in [2.45, 2.75) is 51.4 Å². The molecule has 0 amide bonds. The van der Waals surface area contributed by atoms with Crippen LogP contribution < -0.4 is 0 Å². The summed E-state index contributed by atoms with van der Waals surface area (Å²) in [4.78, 5) is 6.09. The fourth-order valence-corrected chi connectivity index (χ4v) is 3.45. The maximum Gasteiger partial charge on any atom is 0.0797 e. The zero-order valence-corrected chi connectivity index (χ0v) is 9.28. The molecule has 1 aromatic rings. The summed E-state index contributed by atoms with van der Waals surface area (Å²) in [6.07, 6.45) is 6.51. The Hall–Kier alpha value is -0.370. The lowest BCUT2D eigenvalue weighted by atomic mass is 9.74. The van der Waals surface area contributed by atoms with Crippen molar-refractivity contribution < 1.29 is 0 Å². The van der Waals surface area contributed by atoms with Gasteiger partial charge in [0.1, 0.15) is 0 Å². The van der Waals surface area contributed by atoms with Gasteiger partial charge in [-0.3, -0.25) is 0 Å². The zero-order valence-electron chi connectivity index (χ0n) is 8.47. The van der Waals surface area contributed by atoms with Gasteiger partial charge in [0, 0.05) is 10.3 Å². The predicted molar refractivity (Wildman–Crippen MR) is 57.3 cm³/mol. The molecule has 2 heteroatoms. The maximum atomic E-state index is 4.55. The van der Waals surface area contributed by atoms with Gasteiger partial charge >= 0.3 is 0 Å². The van der Waals surface area contributed by atoms with E-state index in [1.54, 1.807) is 4.88 Å². The second-order valence-electron chi connectivity index (χ2n) is 4.29. The zero-order chi connectivity index (χ0) is 9.31. The summed E-state index contributed by atoms with van der Waals surface area (Å²) < 4.78 is 0. The summed E-state index contributed by atoms with van der Waals surface area (Å²) in [5, 5.41) is 0. The summed E-state index contributed by atoms with van der Waals surface area (Å²) in [5.41, 5.74) is 3.82. The minimum Gasteiger partial charge on any atom is -0.249 e. The molecule has 1 nitrogen and oxygen atoms in total. The first-order valence-corrected chi connectivity index (χ1v) is 6.07. The number of hydrogen-bond acceptors (Lipinski definition) is 2. The Balaban J connectivity index is 2.33. The fraction of sp³-hybridized carbons (Fsp3) is 0.727. The van der Waals surface area contributed by atoms with E-state index in [0.717, 1.165) is 0 Å². The van der Waals surface area contributed by atoms with Gasteiger partial charge in [-0.2, -0.15) is 0 Å². The predicted octanol–water partition coefficient (Wildman–Crippen LogP) is 3.54. The number of hydrogen-bond donors (Lipinski definition) is 0. The molecule has 0 saturated heterocycles. The van der Waals surface area contributed by atoms with E-state index in [1.165, 1.54) is 37.8 Å². The molecule has 0 aromatic carbocycles. The first-order valence-electron chi connectivity index (χ1n) is 5.19.